The number of halogens is 1. The van der Waals surface area contributed by atoms with Gasteiger partial charge in [-0.15, -0.1) is 0 Å². The van der Waals surface area contributed by atoms with E-state index in [1.807, 2.05) is 24.3 Å². The second-order valence-corrected chi connectivity index (χ2v) is 6.80. The largest absolute Gasteiger partial charge is 0.496 e. The molecule has 6 heteroatoms. The van der Waals surface area contributed by atoms with E-state index >= 15 is 0 Å². The Bertz CT molecular complexity index is 778. The van der Waals surface area contributed by atoms with Crippen LogP contribution in [0.15, 0.2) is 48.5 Å². The first-order valence-electron chi connectivity index (χ1n) is 9.64. The molecule has 1 heterocycles. The van der Waals surface area contributed by atoms with Crippen LogP contribution in [0.3, 0.4) is 0 Å². The van der Waals surface area contributed by atoms with Gasteiger partial charge in [-0.3, -0.25) is 9.69 Å². The molecule has 0 saturated carbocycles. The lowest BCUT2D eigenvalue weighted by atomic mass is 10.0. The number of amides is 1. The topological polar surface area (TPSA) is 50.8 Å². The molecular formula is C22H27FN2O3. The van der Waals surface area contributed by atoms with Gasteiger partial charge >= 0.3 is 0 Å². The molecule has 1 amide bonds. The summed E-state index contributed by atoms with van der Waals surface area (Å²) in [5, 5.41) is 3.02. The van der Waals surface area contributed by atoms with Crippen LogP contribution < -0.4 is 10.1 Å². The maximum absolute atomic E-state index is 13.7. The third kappa shape index (κ3) is 5.30. The quantitative estimate of drug-likeness (QED) is 0.758. The highest BCUT2D eigenvalue weighted by atomic mass is 19.1. The molecule has 0 aliphatic carbocycles. The number of methoxy groups -OCH3 is 1. The SMILES string of the molecule is COc1ccccc1C(CNC(=O)CCc1ccccc1F)N1CCOCC1. The van der Waals surface area contributed by atoms with Crippen molar-refractivity contribution in [1.29, 1.82) is 0 Å². The monoisotopic (exact) mass is 386 g/mol. The molecule has 1 N–H and O–H groups in total. The molecule has 0 radical (unpaired) electrons. The molecule has 0 aromatic heterocycles. The van der Waals surface area contributed by atoms with E-state index in [0.29, 0.717) is 31.7 Å². The second-order valence-electron chi connectivity index (χ2n) is 6.80. The van der Waals surface area contributed by atoms with Crippen LogP contribution in [0, 0.1) is 5.82 Å². The van der Waals surface area contributed by atoms with Crippen molar-refractivity contribution in [3.63, 3.8) is 0 Å². The molecule has 3 rings (SSSR count). The average molecular weight is 386 g/mol. The smallest absolute Gasteiger partial charge is 0.220 e. The zero-order chi connectivity index (χ0) is 19.8. The van der Waals surface area contributed by atoms with Crippen LogP contribution in [0.25, 0.3) is 0 Å². The summed E-state index contributed by atoms with van der Waals surface area (Å²) in [5.74, 6) is 0.450. The average Bonchev–Trinajstić information content (AvgIpc) is 2.74. The molecule has 0 spiro atoms. The fraction of sp³-hybridized carbons (Fsp3) is 0.409. The van der Waals surface area contributed by atoms with Crippen LogP contribution in [0.4, 0.5) is 4.39 Å². The van der Waals surface area contributed by atoms with Crippen molar-refractivity contribution in [2.75, 3.05) is 40.0 Å². The molecule has 150 valence electrons. The zero-order valence-corrected chi connectivity index (χ0v) is 16.2. The van der Waals surface area contributed by atoms with E-state index in [4.69, 9.17) is 9.47 Å². The minimum Gasteiger partial charge on any atom is -0.496 e. The molecular weight excluding hydrogens is 359 g/mol. The van der Waals surface area contributed by atoms with E-state index in [0.717, 1.165) is 24.4 Å². The van der Waals surface area contributed by atoms with Crippen molar-refractivity contribution in [2.45, 2.75) is 18.9 Å². The van der Waals surface area contributed by atoms with Crippen molar-refractivity contribution in [1.82, 2.24) is 10.2 Å². The summed E-state index contributed by atoms with van der Waals surface area (Å²) in [4.78, 5) is 14.7. The number of nitrogens with zero attached hydrogens (tertiary/aromatic N) is 1. The number of hydrogen-bond acceptors (Lipinski definition) is 4. The van der Waals surface area contributed by atoms with Gasteiger partial charge in [-0.2, -0.15) is 0 Å². The number of morpholine rings is 1. The molecule has 1 unspecified atom stereocenters. The number of para-hydroxylation sites is 1. The maximum Gasteiger partial charge on any atom is 0.220 e. The number of carbonyl (C=O) groups excluding carboxylic acids is 1. The van der Waals surface area contributed by atoms with Gasteiger partial charge in [0.1, 0.15) is 11.6 Å². The summed E-state index contributed by atoms with van der Waals surface area (Å²) in [6.07, 6.45) is 0.637. The Labute approximate surface area is 165 Å². The number of aryl methyl sites for hydroxylation is 1. The highest BCUT2D eigenvalue weighted by molar-refractivity contribution is 5.76. The minimum absolute atomic E-state index is 0.00235. The summed E-state index contributed by atoms with van der Waals surface area (Å²) in [5.41, 5.74) is 1.61. The van der Waals surface area contributed by atoms with Crippen molar-refractivity contribution in [2.24, 2.45) is 0 Å². The van der Waals surface area contributed by atoms with Crippen LogP contribution in [0.5, 0.6) is 5.75 Å². The van der Waals surface area contributed by atoms with Gasteiger partial charge in [0.2, 0.25) is 5.91 Å². The van der Waals surface area contributed by atoms with Gasteiger partial charge in [-0.1, -0.05) is 36.4 Å². The van der Waals surface area contributed by atoms with E-state index < -0.39 is 0 Å². The Morgan fingerprint density at radius 1 is 1.18 bits per heavy atom. The normalized spacial score (nSPS) is 15.8. The molecule has 2 aromatic rings. The fourth-order valence-electron chi connectivity index (χ4n) is 3.51. The van der Waals surface area contributed by atoms with Crippen molar-refractivity contribution >= 4 is 5.91 Å². The van der Waals surface area contributed by atoms with Gasteiger partial charge in [0, 0.05) is 31.6 Å². The molecule has 28 heavy (non-hydrogen) atoms. The summed E-state index contributed by atoms with van der Waals surface area (Å²) in [7, 11) is 1.65. The maximum atomic E-state index is 13.7. The first-order valence-corrected chi connectivity index (χ1v) is 9.64. The lowest BCUT2D eigenvalue weighted by molar-refractivity contribution is -0.121. The first kappa shape index (κ1) is 20.3. The number of nitrogens with one attached hydrogen (secondary N) is 1. The van der Waals surface area contributed by atoms with E-state index in [2.05, 4.69) is 10.2 Å². The highest BCUT2D eigenvalue weighted by Crippen LogP contribution is 2.29. The predicted molar refractivity (Wildman–Crippen MR) is 106 cm³/mol. The molecule has 0 bridgehead atoms. The van der Waals surface area contributed by atoms with Crippen molar-refractivity contribution in [3.8, 4) is 5.75 Å². The predicted octanol–water partition coefficient (Wildman–Crippen LogP) is 2.96. The Kier molecular flexibility index (Phi) is 7.39. The zero-order valence-electron chi connectivity index (χ0n) is 16.2. The fourth-order valence-corrected chi connectivity index (χ4v) is 3.51. The van der Waals surface area contributed by atoms with Crippen LogP contribution in [-0.2, 0) is 16.0 Å². The van der Waals surface area contributed by atoms with Gasteiger partial charge in [0.05, 0.1) is 26.4 Å². The summed E-state index contributed by atoms with van der Waals surface area (Å²) < 4.78 is 24.7. The molecule has 2 aromatic carbocycles. The molecule has 1 fully saturated rings. The number of carbonyl (C=O) groups is 1. The number of benzene rings is 2. The standard InChI is InChI=1S/C22H27FN2O3/c1-27-21-9-5-3-7-18(21)20(25-12-14-28-15-13-25)16-24-22(26)11-10-17-6-2-4-8-19(17)23/h2-9,20H,10-16H2,1H3,(H,24,26). The third-order valence-electron chi connectivity index (χ3n) is 5.06. The van der Waals surface area contributed by atoms with Crippen LogP contribution in [0.2, 0.25) is 0 Å². The lowest BCUT2D eigenvalue weighted by Gasteiger charge is -2.35. The van der Waals surface area contributed by atoms with Gasteiger partial charge in [0.15, 0.2) is 0 Å². The van der Waals surface area contributed by atoms with Crippen molar-refractivity contribution < 1.29 is 18.7 Å². The molecule has 5 nitrogen and oxygen atoms in total. The van der Waals surface area contributed by atoms with Crippen molar-refractivity contribution in [3.05, 3.63) is 65.5 Å². The second kappa shape index (κ2) is 10.2. The molecule has 1 atom stereocenters. The van der Waals surface area contributed by atoms with Gasteiger partial charge < -0.3 is 14.8 Å². The van der Waals surface area contributed by atoms with Crippen LogP contribution >= 0.6 is 0 Å². The Morgan fingerprint density at radius 2 is 1.89 bits per heavy atom. The van der Waals surface area contributed by atoms with Gasteiger partial charge in [-0.05, 0) is 24.1 Å². The Balaban J connectivity index is 1.64. The number of rotatable bonds is 8. The summed E-state index contributed by atoms with van der Waals surface area (Å²) >= 11 is 0. The van der Waals surface area contributed by atoms with Crippen LogP contribution in [0.1, 0.15) is 23.6 Å². The van der Waals surface area contributed by atoms with E-state index in [1.165, 1.54) is 6.07 Å². The van der Waals surface area contributed by atoms with Crippen LogP contribution in [-0.4, -0.2) is 50.8 Å². The number of hydrogen-bond donors (Lipinski definition) is 1. The summed E-state index contributed by atoms with van der Waals surface area (Å²) in [6, 6.07) is 14.4. The number of ether oxygens (including phenoxy) is 2. The lowest BCUT2D eigenvalue weighted by Crippen LogP contribution is -2.44. The highest BCUT2D eigenvalue weighted by Gasteiger charge is 2.25. The first-order chi connectivity index (χ1) is 13.7. The minimum atomic E-state index is -0.268. The van der Waals surface area contributed by atoms with Gasteiger partial charge in [-0.25, -0.2) is 4.39 Å². The molecule has 1 aliphatic rings. The Morgan fingerprint density at radius 3 is 2.64 bits per heavy atom. The van der Waals surface area contributed by atoms with Gasteiger partial charge in [0.25, 0.3) is 0 Å². The molecule has 1 saturated heterocycles. The Hall–Kier alpha value is -2.44. The van der Waals surface area contributed by atoms with E-state index in [1.54, 1.807) is 25.3 Å². The third-order valence-corrected chi connectivity index (χ3v) is 5.06. The molecule has 1 aliphatic heterocycles. The van der Waals surface area contributed by atoms with E-state index in [-0.39, 0.29) is 24.2 Å². The van der Waals surface area contributed by atoms with E-state index in [9.17, 15) is 9.18 Å². The summed E-state index contributed by atoms with van der Waals surface area (Å²) in [6.45, 7) is 3.41.